The van der Waals surface area contributed by atoms with Gasteiger partial charge >= 0.3 is 0 Å². The third-order valence-corrected chi connectivity index (χ3v) is 3.89. The minimum atomic E-state index is 0.402. The third-order valence-electron chi connectivity index (χ3n) is 3.89. The Bertz CT molecular complexity index is 442. The summed E-state index contributed by atoms with van der Waals surface area (Å²) in [5.41, 5.74) is 3.11. The Morgan fingerprint density at radius 3 is 2.60 bits per heavy atom. The van der Waals surface area contributed by atoms with E-state index in [1.54, 1.807) is 0 Å². The van der Waals surface area contributed by atoms with Crippen LogP contribution in [0.15, 0.2) is 30.3 Å². The van der Waals surface area contributed by atoms with Crippen molar-refractivity contribution in [3.8, 4) is 0 Å². The molecule has 1 fully saturated rings. The lowest BCUT2D eigenvalue weighted by molar-refractivity contribution is 0.479. The van der Waals surface area contributed by atoms with Gasteiger partial charge in [-0.15, -0.1) is 0 Å². The molecule has 1 saturated carbocycles. The van der Waals surface area contributed by atoms with Crippen LogP contribution < -0.4 is 0 Å². The molecular formula is C14H17N. The highest BCUT2D eigenvalue weighted by atomic mass is 14.7. The maximum Gasteiger partial charge on any atom is 0.0456 e. The van der Waals surface area contributed by atoms with Crippen molar-refractivity contribution >= 4 is 10.9 Å². The summed E-state index contributed by atoms with van der Waals surface area (Å²) < 4.78 is 0. The van der Waals surface area contributed by atoms with Crippen molar-refractivity contribution in [3.63, 3.8) is 0 Å². The first-order valence-electron chi connectivity index (χ1n) is 5.86. The molecule has 1 aliphatic rings. The average Bonchev–Trinajstić information content (AvgIpc) is 2.84. The van der Waals surface area contributed by atoms with Crippen LogP contribution in [-0.2, 0) is 5.41 Å². The third kappa shape index (κ3) is 1.38. The predicted octanol–water partition coefficient (Wildman–Crippen LogP) is 4.00. The molecule has 1 aromatic heterocycles. The second-order valence-corrected chi connectivity index (χ2v) is 5.04. The monoisotopic (exact) mass is 199 g/mol. The van der Waals surface area contributed by atoms with E-state index in [9.17, 15) is 0 Å². The maximum absolute atomic E-state index is 3.58. The number of hydrogen-bond donors (Lipinski definition) is 1. The minimum absolute atomic E-state index is 0.402. The van der Waals surface area contributed by atoms with Crippen LogP contribution in [0.2, 0.25) is 0 Å². The van der Waals surface area contributed by atoms with Gasteiger partial charge in [0, 0.05) is 16.6 Å². The summed E-state index contributed by atoms with van der Waals surface area (Å²) in [6.45, 7) is 2.39. The van der Waals surface area contributed by atoms with Gasteiger partial charge in [0.25, 0.3) is 0 Å². The molecule has 1 nitrogen and oxygen atoms in total. The van der Waals surface area contributed by atoms with Gasteiger partial charge in [0.1, 0.15) is 0 Å². The number of hydrogen-bond acceptors (Lipinski definition) is 0. The smallest absolute Gasteiger partial charge is 0.0456 e. The Labute approximate surface area is 90.5 Å². The molecular weight excluding hydrogens is 182 g/mol. The Morgan fingerprint density at radius 2 is 1.87 bits per heavy atom. The van der Waals surface area contributed by atoms with E-state index in [1.807, 2.05) is 0 Å². The first kappa shape index (κ1) is 9.02. The molecule has 0 unspecified atom stereocenters. The van der Waals surface area contributed by atoms with E-state index in [-0.39, 0.29) is 0 Å². The normalized spacial score (nSPS) is 19.8. The fraction of sp³-hybridized carbons (Fsp3) is 0.429. The van der Waals surface area contributed by atoms with E-state index in [4.69, 9.17) is 0 Å². The van der Waals surface area contributed by atoms with Crippen LogP contribution in [0.1, 0.15) is 38.3 Å². The summed E-state index contributed by atoms with van der Waals surface area (Å²) in [4.78, 5) is 3.58. The van der Waals surface area contributed by atoms with Crippen molar-refractivity contribution in [2.24, 2.45) is 0 Å². The number of aromatic amines is 1. The molecule has 0 saturated heterocycles. The molecule has 3 rings (SSSR count). The van der Waals surface area contributed by atoms with Gasteiger partial charge in [0.05, 0.1) is 0 Å². The van der Waals surface area contributed by atoms with E-state index in [2.05, 4.69) is 42.2 Å². The highest BCUT2D eigenvalue weighted by Gasteiger charge is 2.31. The fourth-order valence-corrected chi connectivity index (χ4v) is 2.82. The van der Waals surface area contributed by atoms with Gasteiger partial charge in [-0.2, -0.15) is 0 Å². The largest absolute Gasteiger partial charge is 0.358 e. The molecule has 78 valence electrons. The van der Waals surface area contributed by atoms with Crippen LogP contribution in [0.25, 0.3) is 10.9 Å². The highest BCUT2D eigenvalue weighted by Crippen LogP contribution is 2.40. The van der Waals surface area contributed by atoms with Crippen molar-refractivity contribution in [1.29, 1.82) is 0 Å². The molecule has 0 radical (unpaired) electrons. The summed E-state index contributed by atoms with van der Waals surface area (Å²) in [7, 11) is 0. The van der Waals surface area contributed by atoms with Crippen molar-refractivity contribution in [1.82, 2.24) is 4.98 Å². The molecule has 15 heavy (non-hydrogen) atoms. The van der Waals surface area contributed by atoms with Crippen LogP contribution in [0.5, 0.6) is 0 Å². The number of H-pyrrole nitrogens is 1. The van der Waals surface area contributed by atoms with Crippen LogP contribution >= 0.6 is 0 Å². The lowest BCUT2D eigenvalue weighted by Gasteiger charge is -2.21. The van der Waals surface area contributed by atoms with Gasteiger partial charge in [-0.1, -0.05) is 38.0 Å². The first-order valence-corrected chi connectivity index (χ1v) is 5.86. The van der Waals surface area contributed by atoms with Crippen molar-refractivity contribution in [2.75, 3.05) is 0 Å². The molecule has 0 atom stereocenters. The van der Waals surface area contributed by atoms with E-state index in [0.717, 1.165) is 0 Å². The van der Waals surface area contributed by atoms with E-state index >= 15 is 0 Å². The van der Waals surface area contributed by atoms with Gasteiger partial charge in [-0.3, -0.25) is 0 Å². The van der Waals surface area contributed by atoms with Crippen LogP contribution in [0.3, 0.4) is 0 Å². The van der Waals surface area contributed by atoms with E-state index in [0.29, 0.717) is 5.41 Å². The minimum Gasteiger partial charge on any atom is -0.358 e. The molecule has 1 N–H and O–H groups in total. The van der Waals surface area contributed by atoms with Gasteiger partial charge in [-0.25, -0.2) is 0 Å². The summed E-state index contributed by atoms with van der Waals surface area (Å²) in [6.07, 6.45) is 5.43. The SMILES string of the molecule is CC1(c2cc3ccccc3[nH]2)CCCC1. The summed E-state index contributed by atoms with van der Waals surface area (Å²) in [5.74, 6) is 0. The van der Waals surface area contributed by atoms with Crippen LogP contribution in [0.4, 0.5) is 0 Å². The first-order chi connectivity index (χ1) is 7.28. The van der Waals surface area contributed by atoms with Crippen LogP contribution in [0, 0.1) is 0 Å². The number of benzene rings is 1. The number of fused-ring (bicyclic) bond motifs is 1. The van der Waals surface area contributed by atoms with Gasteiger partial charge < -0.3 is 4.98 Å². The van der Waals surface area contributed by atoms with Crippen molar-refractivity contribution < 1.29 is 0 Å². The highest BCUT2D eigenvalue weighted by molar-refractivity contribution is 5.80. The molecule has 1 aliphatic carbocycles. The predicted molar refractivity (Wildman–Crippen MR) is 64.1 cm³/mol. The molecule has 2 aromatic rings. The zero-order chi connectivity index (χ0) is 10.3. The average molecular weight is 199 g/mol. The second-order valence-electron chi connectivity index (χ2n) is 5.04. The standard InChI is InChI=1S/C14H17N/c1-14(8-4-5-9-14)13-10-11-6-2-3-7-12(11)15-13/h2-3,6-7,10,15H,4-5,8-9H2,1H3. The summed E-state index contributed by atoms with van der Waals surface area (Å²) in [6, 6.07) is 10.9. The number of aromatic nitrogens is 1. The molecule has 1 heterocycles. The molecule has 0 amide bonds. The number of rotatable bonds is 1. The maximum atomic E-state index is 3.58. The molecule has 0 spiro atoms. The van der Waals surface area contributed by atoms with Gasteiger partial charge in [0.2, 0.25) is 0 Å². The molecule has 1 aromatic carbocycles. The molecule has 1 heteroatoms. The van der Waals surface area contributed by atoms with E-state index < -0.39 is 0 Å². The van der Waals surface area contributed by atoms with Crippen molar-refractivity contribution in [3.05, 3.63) is 36.0 Å². The van der Waals surface area contributed by atoms with E-state index in [1.165, 1.54) is 42.3 Å². The van der Waals surface area contributed by atoms with Crippen molar-refractivity contribution in [2.45, 2.75) is 38.0 Å². The van der Waals surface area contributed by atoms with Gasteiger partial charge in [0.15, 0.2) is 0 Å². The van der Waals surface area contributed by atoms with Gasteiger partial charge in [-0.05, 0) is 30.4 Å². The van der Waals surface area contributed by atoms with Crippen LogP contribution in [-0.4, -0.2) is 4.98 Å². The zero-order valence-electron chi connectivity index (χ0n) is 9.22. The Kier molecular flexibility index (Phi) is 1.88. The Balaban J connectivity index is 2.11. The summed E-state index contributed by atoms with van der Waals surface area (Å²) >= 11 is 0. The Hall–Kier alpha value is -1.24. The number of para-hydroxylation sites is 1. The zero-order valence-corrected chi connectivity index (χ0v) is 9.22. The second kappa shape index (κ2) is 3.13. The lowest BCUT2D eigenvalue weighted by Crippen LogP contribution is -2.16. The Morgan fingerprint density at radius 1 is 1.13 bits per heavy atom. The quantitative estimate of drug-likeness (QED) is 0.714. The molecule has 0 aliphatic heterocycles. The lowest BCUT2D eigenvalue weighted by atomic mass is 9.85. The number of nitrogens with one attached hydrogen (secondary N) is 1. The summed E-state index contributed by atoms with van der Waals surface area (Å²) in [5, 5.41) is 1.35. The topological polar surface area (TPSA) is 15.8 Å². The fourth-order valence-electron chi connectivity index (χ4n) is 2.82. The molecule has 0 bridgehead atoms.